The minimum absolute atomic E-state index is 0.391. The molecule has 0 aromatic heterocycles. The maximum absolute atomic E-state index is 11.4. The Morgan fingerprint density at radius 3 is 2.00 bits per heavy atom. The van der Waals surface area contributed by atoms with Gasteiger partial charge in [0.2, 0.25) is 5.97 Å². The average Bonchev–Trinajstić information content (AvgIpc) is 1.65. The fourth-order valence-corrected chi connectivity index (χ4v) is 0.0732. The molecule has 4 heteroatoms. The van der Waals surface area contributed by atoms with E-state index in [-0.39, 0.29) is 0 Å². The zero-order valence-electron chi connectivity index (χ0n) is 3.41. The maximum atomic E-state index is 11.4. The first kappa shape index (κ1) is 6.07. The first-order valence-electron chi connectivity index (χ1n) is 1.50. The van der Waals surface area contributed by atoms with Gasteiger partial charge in [-0.1, -0.05) is 0 Å². The van der Waals surface area contributed by atoms with Crippen LogP contribution in [0.5, 0.6) is 0 Å². The highest BCUT2D eigenvalue weighted by atomic mass is 19.2. The number of nitrogens with two attached hydrogens (primary N) is 1. The van der Waals surface area contributed by atoms with Crippen molar-refractivity contribution in [3.05, 3.63) is 12.0 Å². The molecule has 0 amide bonds. The van der Waals surface area contributed by atoms with Gasteiger partial charge in [0.25, 0.3) is 0 Å². The van der Waals surface area contributed by atoms with Crippen LogP contribution in [0.4, 0.5) is 8.78 Å². The summed E-state index contributed by atoms with van der Waals surface area (Å²) in [6.07, 6.45) is 0.391. The SMILES string of the molecule is N=C(F)/C(F)=C\N. The third kappa shape index (κ3) is 1.86. The summed E-state index contributed by atoms with van der Waals surface area (Å²) in [4.78, 5) is 0. The summed E-state index contributed by atoms with van der Waals surface area (Å²) in [7, 11) is 0. The molecule has 0 aliphatic heterocycles. The molecule has 0 atom stereocenters. The van der Waals surface area contributed by atoms with Gasteiger partial charge in [0.05, 0.1) is 0 Å². The molecular formula is C3H4F2N2. The predicted molar refractivity (Wildman–Crippen MR) is 22.2 cm³/mol. The summed E-state index contributed by atoms with van der Waals surface area (Å²) in [5, 5.41) is 5.91. The van der Waals surface area contributed by atoms with Crippen molar-refractivity contribution in [3.8, 4) is 0 Å². The van der Waals surface area contributed by atoms with E-state index in [1.807, 2.05) is 0 Å². The summed E-state index contributed by atoms with van der Waals surface area (Å²) < 4.78 is 22.5. The van der Waals surface area contributed by atoms with Gasteiger partial charge in [0.1, 0.15) is 0 Å². The third-order valence-electron chi connectivity index (χ3n) is 0.356. The van der Waals surface area contributed by atoms with Crippen molar-refractivity contribution in [1.82, 2.24) is 0 Å². The Morgan fingerprint density at radius 1 is 1.57 bits per heavy atom. The Kier molecular flexibility index (Phi) is 1.98. The molecule has 0 aromatic carbocycles. The highest BCUT2D eigenvalue weighted by Gasteiger charge is 1.96. The summed E-state index contributed by atoms with van der Waals surface area (Å²) in [5.41, 5.74) is 4.46. The lowest BCUT2D eigenvalue weighted by Crippen LogP contribution is -1.90. The van der Waals surface area contributed by atoms with Crippen LogP contribution >= 0.6 is 0 Å². The van der Waals surface area contributed by atoms with Crippen molar-refractivity contribution in [1.29, 1.82) is 5.41 Å². The molecule has 40 valence electrons. The minimum Gasteiger partial charge on any atom is -0.402 e. The highest BCUT2D eigenvalue weighted by Crippen LogP contribution is 1.94. The Bertz CT molecular complexity index is 108. The second-order valence-corrected chi connectivity index (χ2v) is 0.829. The molecule has 0 radical (unpaired) electrons. The molecule has 0 bridgehead atoms. The number of halogens is 2. The lowest BCUT2D eigenvalue weighted by Gasteiger charge is -1.80. The number of hydrogen-bond donors (Lipinski definition) is 2. The van der Waals surface area contributed by atoms with E-state index in [9.17, 15) is 8.78 Å². The Labute approximate surface area is 39.1 Å². The first-order chi connectivity index (χ1) is 3.18. The van der Waals surface area contributed by atoms with E-state index in [0.29, 0.717) is 6.20 Å². The average molecular weight is 106 g/mol. The fraction of sp³-hybridized carbons (Fsp3) is 0. The molecule has 0 unspecified atom stereocenters. The van der Waals surface area contributed by atoms with Crippen LogP contribution in [0.15, 0.2) is 12.0 Å². The van der Waals surface area contributed by atoms with E-state index < -0.39 is 11.8 Å². The van der Waals surface area contributed by atoms with Gasteiger partial charge < -0.3 is 5.73 Å². The second kappa shape index (κ2) is 2.28. The maximum Gasteiger partial charge on any atom is 0.243 e. The molecule has 0 aliphatic carbocycles. The zero-order chi connectivity index (χ0) is 5.86. The smallest absolute Gasteiger partial charge is 0.243 e. The van der Waals surface area contributed by atoms with Crippen molar-refractivity contribution < 1.29 is 8.78 Å². The van der Waals surface area contributed by atoms with Gasteiger partial charge in [0.15, 0.2) is 5.83 Å². The molecule has 0 aromatic rings. The van der Waals surface area contributed by atoms with Crippen LogP contribution in [0.1, 0.15) is 0 Å². The van der Waals surface area contributed by atoms with E-state index in [1.165, 1.54) is 0 Å². The summed E-state index contributed by atoms with van der Waals surface area (Å²) in [5.74, 6) is -2.97. The van der Waals surface area contributed by atoms with E-state index in [4.69, 9.17) is 5.41 Å². The van der Waals surface area contributed by atoms with Crippen LogP contribution in [0.3, 0.4) is 0 Å². The topological polar surface area (TPSA) is 49.9 Å². The highest BCUT2D eigenvalue weighted by molar-refractivity contribution is 5.87. The van der Waals surface area contributed by atoms with E-state index in [1.54, 1.807) is 0 Å². The predicted octanol–water partition coefficient (Wildman–Crippen LogP) is 0.703. The van der Waals surface area contributed by atoms with Gasteiger partial charge in [0, 0.05) is 6.20 Å². The molecule has 0 fully saturated rings. The van der Waals surface area contributed by atoms with Crippen molar-refractivity contribution in [2.45, 2.75) is 0 Å². The van der Waals surface area contributed by atoms with Gasteiger partial charge in [-0.05, 0) is 0 Å². The molecule has 2 nitrogen and oxygen atoms in total. The van der Waals surface area contributed by atoms with Crippen molar-refractivity contribution >= 4 is 5.97 Å². The second-order valence-electron chi connectivity index (χ2n) is 0.829. The molecule has 0 saturated heterocycles. The van der Waals surface area contributed by atoms with Crippen LogP contribution in [0, 0.1) is 5.41 Å². The summed E-state index contributed by atoms with van der Waals surface area (Å²) in [6, 6.07) is 0. The largest absolute Gasteiger partial charge is 0.402 e. The Hall–Kier alpha value is -0.930. The summed E-state index contributed by atoms with van der Waals surface area (Å²) >= 11 is 0. The zero-order valence-corrected chi connectivity index (χ0v) is 3.41. The molecular weight excluding hydrogens is 102 g/mol. The molecule has 0 spiro atoms. The van der Waals surface area contributed by atoms with Gasteiger partial charge >= 0.3 is 0 Å². The van der Waals surface area contributed by atoms with Gasteiger partial charge in [-0.15, -0.1) is 0 Å². The van der Waals surface area contributed by atoms with E-state index >= 15 is 0 Å². The molecule has 0 heterocycles. The normalized spacial score (nSPS) is 11.4. The number of nitrogens with one attached hydrogen (secondary N) is 1. The number of hydrogen-bond acceptors (Lipinski definition) is 2. The minimum atomic E-state index is -1.64. The quantitative estimate of drug-likeness (QED) is 0.475. The van der Waals surface area contributed by atoms with Crippen molar-refractivity contribution in [3.63, 3.8) is 0 Å². The number of rotatable bonds is 1. The first-order valence-corrected chi connectivity index (χ1v) is 1.50. The fourth-order valence-electron chi connectivity index (χ4n) is 0.0732. The van der Waals surface area contributed by atoms with Gasteiger partial charge in [-0.3, -0.25) is 5.41 Å². The van der Waals surface area contributed by atoms with Crippen LogP contribution in [0.2, 0.25) is 0 Å². The summed E-state index contributed by atoms with van der Waals surface area (Å²) in [6.45, 7) is 0. The van der Waals surface area contributed by atoms with Gasteiger partial charge in [-0.25, -0.2) is 4.39 Å². The van der Waals surface area contributed by atoms with Crippen LogP contribution in [0.25, 0.3) is 0 Å². The lowest BCUT2D eigenvalue weighted by molar-refractivity contribution is 0.634. The van der Waals surface area contributed by atoms with Crippen molar-refractivity contribution in [2.24, 2.45) is 5.73 Å². The lowest BCUT2D eigenvalue weighted by atomic mass is 10.6. The third-order valence-corrected chi connectivity index (χ3v) is 0.356. The molecule has 7 heavy (non-hydrogen) atoms. The van der Waals surface area contributed by atoms with E-state index in [2.05, 4.69) is 5.73 Å². The molecule has 0 rings (SSSR count). The molecule has 0 aliphatic rings. The Morgan fingerprint density at radius 2 is 2.00 bits per heavy atom. The van der Waals surface area contributed by atoms with Crippen LogP contribution in [-0.4, -0.2) is 5.97 Å². The standard InChI is InChI=1S/C3H4F2N2/c4-2(1-6)3(5)7/h1,7H,6H2/b2-1+,7-3?. The Balaban J connectivity index is 3.82. The molecule has 3 N–H and O–H groups in total. The molecule has 0 saturated carbocycles. The van der Waals surface area contributed by atoms with Crippen LogP contribution < -0.4 is 5.73 Å². The monoisotopic (exact) mass is 106 g/mol. The number of allylic oxidation sites excluding steroid dienone is 1. The van der Waals surface area contributed by atoms with E-state index in [0.717, 1.165) is 0 Å². The van der Waals surface area contributed by atoms with Crippen LogP contribution in [-0.2, 0) is 0 Å². The van der Waals surface area contributed by atoms with Gasteiger partial charge in [-0.2, -0.15) is 4.39 Å². The van der Waals surface area contributed by atoms with Crippen molar-refractivity contribution in [2.75, 3.05) is 0 Å².